The highest BCUT2D eigenvalue weighted by molar-refractivity contribution is 6.03. The number of aromatic nitrogens is 3. The molecule has 1 aliphatic rings. The molecule has 1 aliphatic carbocycles. The van der Waals surface area contributed by atoms with E-state index in [-0.39, 0.29) is 5.41 Å². The first kappa shape index (κ1) is 27.9. The molecule has 4 nitrogen and oxygen atoms in total. The molecule has 0 saturated carbocycles. The Morgan fingerprint density at radius 1 is 0.592 bits per heavy atom. The zero-order chi connectivity index (χ0) is 33.0. The van der Waals surface area contributed by atoms with Gasteiger partial charge in [0.05, 0.1) is 0 Å². The van der Waals surface area contributed by atoms with Crippen LogP contribution in [0.15, 0.2) is 132 Å². The molecule has 0 spiro atoms. The number of benzene rings is 5. The quantitative estimate of drug-likeness (QED) is 0.181. The predicted octanol–water partition coefficient (Wildman–Crippen LogP) is 11.4. The van der Waals surface area contributed by atoms with Crippen LogP contribution in [0.1, 0.15) is 25.0 Å². The van der Waals surface area contributed by atoms with E-state index in [2.05, 4.69) is 85.7 Å². The maximum atomic E-state index is 14.6. The topological polar surface area (TPSA) is 43.3 Å². The molecule has 10 rings (SSSR count). The van der Waals surface area contributed by atoms with Gasteiger partial charge in [-0.1, -0.05) is 74.5 Å². The van der Waals surface area contributed by atoms with Crippen molar-refractivity contribution in [3.63, 3.8) is 0 Å². The maximum absolute atomic E-state index is 14.6. The number of hydrogen-bond acceptors (Lipinski definition) is 3. The number of pyridine rings is 2. The van der Waals surface area contributed by atoms with E-state index in [9.17, 15) is 8.78 Å². The minimum absolute atomic E-state index is 0.293. The van der Waals surface area contributed by atoms with Gasteiger partial charge in [-0.15, -0.1) is 0 Å². The second kappa shape index (κ2) is 9.94. The van der Waals surface area contributed by atoms with Crippen LogP contribution in [0, 0.1) is 11.9 Å². The van der Waals surface area contributed by atoms with Gasteiger partial charge in [0.25, 0.3) is 0 Å². The third-order valence-corrected chi connectivity index (χ3v) is 10.2. The molecule has 0 fully saturated rings. The Morgan fingerprint density at radius 3 is 1.96 bits per heavy atom. The van der Waals surface area contributed by atoms with Gasteiger partial charge >= 0.3 is 0 Å². The Balaban J connectivity index is 0.991. The fraction of sp³-hybridized carbons (Fsp3) is 0.0698. The summed E-state index contributed by atoms with van der Waals surface area (Å²) in [6.45, 7) is 4.40. The summed E-state index contributed by atoms with van der Waals surface area (Å²) >= 11 is 0. The van der Waals surface area contributed by atoms with E-state index in [0.717, 1.165) is 72.0 Å². The average Bonchev–Trinajstić information content (AvgIpc) is 3.73. The second-order valence-electron chi connectivity index (χ2n) is 13.4. The third kappa shape index (κ3) is 4.13. The molecule has 6 heteroatoms. The standard InChI is InChI=1S/C43H27F2N3O/c1-43(2)35-21-28(11-14-32(35)33-15-12-29(22-36(33)43)31-16-17-38(44)46-41(31)45)26-8-7-25-20-27(10-9-24(25)19-26)30-13-18-39-47-40-34-5-3-4-6-37(34)49-42(40)48(39)23-30/h3-23H,1-2H3. The third-order valence-electron chi connectivity index (χ3n) is 10.2. The van der Waals surface area contributed by atoms with Gasteiger partial charge in [0.2, 0.25) is 17.6 Å². The van der Waals surface area contributed by atoms with Gasteiger partial charge in [0, 0.05) is 22.6 Å². The molecule has 0 amide bonds. The molecule has 0 saturated heterocycles. The first-order chi connectivity index (χ1) is 23.8. The number of furan rings is 1. The van der Waals surface area contributed by atoms with Crippen molar-refractivity contribution in [2.24, 2.45) is 0 Å². The Hall–Kier alpha value is -6.14. The number of imidazole rings is 1. The highest BCUT2D eigenvalue weighted by Crippen LogP contribution is 2.51. The number of rotatable bonds is 3. The van der Waals surface area contributed by atoms with Crippen molar-refractivity contribution in [2.75, 3.05) is 0 Å². The fourth-order valence-corrected chi connectivity index (χ4v) is 7.64. The Kier molecular flexibility index (Phi) is 5.66. The predicted molar refractivity (Wildman–Crippen MR) is 192 cm³/mol. The summed E-state index contributed by atoms with van der Waals surface area (Å²) in [5, 5.41) is 3.34. The van der Waals surface area contributed by atoms with Gasteiger partial charge in [-0.05, 0) is 122 Å². The molecule has 0 unspecified atom stereocenters. The van der Waals surface area contributed by atoms with Crippen molar-refractivity contribution >= 4 is 38.6 Å². The molecule has 9 aromatic rings. The molecule has 0 aliphatic heterocycles. The van der Waals surface area contributed by atoms with Crippen LogP contribution in [-0.4, -0.2) is 14.4 Å². The Labute approximate surface area is 279 Å². The van der Waals surface area contributed by atoms with Gasteiger partial charge < -0.3 is 4.42 Å². The van der Waals surface area contributed by atoms with Crippen molar-refractivity contribution in [1.82, 2.24) is 14.4 Å². The summed E-state index contributed by atoms with van der Waals surface area (Å²) < 4.78 is 36.3. The van der Waals surface area contributed by atoms with Crippen LogP contribution < -0.4 is 0 Å². The number of halogens is 2. The normalized spacial score (nSPS) is 13.5. The molecule has 0 atom stereocenters. The summed E-state index contributed by atoms with van der Waals surface area (Å²) in [6, 6.07) is 40.6. The average molecular weight is 640 g/mol. The van der Waals surface area contributed by atoms with Crippen LogP contribution in [0.5, 0.6) is 0 Å². The SMILES string of the molecule is CC1(C)c2cc(-c3ccc4cc(-c5ccc6nc7c8ccccc8oc7n6c5)ccc4c3)ccc2-c2ccc(-c3ccc(F)nc3F)cc21. The van der Waals surface area contributed by atoms with Crippen LogP contribution in [0.2, 0.25) is 0 Å². The monoisotopic (exact) mass is 639 g/mol. The number of hydrogen-bond donors (Lipinski definition) is 0. The van der Waals surface area contributed by atoms with Crippen molar-refractivity contribution in [2.45, 2.75) is 19.3 Å². The van der Waals surface area contributed by atoms with Gasteiger partial charge in [-0.2, -0.15) is 13.8 Å². The summed E-state index contributed by atoms with van der Waals surface area (Å²) in [5.74, 6) is -1.63. The highest BCUT2D eigenvalue weighted by Gasteiger charge is 2.36. The van der Waals surface area contributed by atoms with Gasteiger partial charge in [0.1, 0.15) is 16.7 Å². The Morgan fingerprint density at radius 2 is 1.20 bits per heavy atom. The first-order valence-electron chi connectivity index (χ1n) is 16.3. The van der Waals surface area contributed by atoms with Gasteiger partial charge in [0.15, 0.2) is 0 Å². The molecule has 0 bridgehead atoms. The van der Waals surface area contributed by atoms with Crippen LogP contribution in [0.3, 0.4) is 0 Å². The number of fused-ring (bicyclic) bond motifs is 9. The second-order valence-corrected chi connectivity index (χ2v) is 13.4. The van der Waals surface area contributed by atoms with E-state index in [1.807, 2.05) is 52.9 Å². The molecule has 5 aromatic carbocycles. The summed E-state index contributed by atoms with van der Waals surface area (Å²) in [4.78, 5) is 8.22. The van der Waals surface area contributed by atoms with E-state index >= 15 is 0 Å². The minimum atomic E-state index is -0.825. The van der Waals surface area contributed by atoms with Gasteiger partial charge in [-0.3, -0.25) is 4.40 Å². The van der Waals surface area contributed by atoms with Crippen molar-refractivity contribution in [3.05, 3.63) is 151 Å². The summed E-state index contributed by atoms with van der Waals surface area (Å²) in [6.07, 6.45) is 2.10. The summed E-state index contributed by atoms with van der Waals surface area (Å²) in [5.41, 5.74) is 13.1. The lowest BCUT2D eigenvalue weighted by molar-refractivity contribution is 0.515. The first-order valence-corrected chi connectivity index (χ1v) is 16.3. The zero-order valence-electron chi connectivity index (χ0n) is 26.6. The Bertz CT molecular complexity index is 2840. The van der Waals surface area contributed by atoms with Crippen molar-refractivity contribution in [1.29, 1.82) is 0 Å². The molecule has 4 aromatic heterocycles. The largest absolute Gasteiger partial charge is 0.437 e. The number of para-hydroxylation sites is 1. The highest BCUT2D eigenvalue weighted by atomic mass is 19.1. The lowest BCUT2D eigenvalue weighted by atomic mass is 9.81. The molecule has 49 heavy (non-hydrogen) atoms. The maximum Gasteiger partial charge on any atom is 0.232 e. The molecular formula is C43H27F2N3O. The van der Waals surface area contributed by atoms with Crippen molar-refractivity contribution in [3.8, 4) is 44.5 Å². The molecule has 234 valence electrons. The smallest absolute Gasteiger partial charge is 0.232 e. The molecule has 4 heterocycles. The van der Waals surface area contributed by atoms with E-state index in [1.165, 1.54) is 23.3 Å². The summed E-state index contributed by atoms with van der Waals surface area (Å²) in [7, 11) is 0. The van der Waals surface area contributed by atoms with Gasteiger partial charge in [-0.25, -0.2) is 4.98 Å². The van der Waals surface area contributed by atoms with Crippen LogP contribution in [-0.2, 0) is 5.41 Å². The fourth-order valence-electron chi connectivity index (χ4n) is 7.64. The lowest BCUT2D eigenvalue weighted by Crippen LogP contribution is -2.15. The van der Waals surface area contributed by atoms with Crippen LogP contribution in [0.4, 0.5) is 8.78 Å². The number of nitrogens with zero attached hydrogens (tertiary/aromatic N) is 3. The van der Waals surface area contributed by atoms with Crippen LogP contribution in [0.25, 0.3) is 83.1 Å². The molecule has 0 radical (unpaired) electrons. The van der Waals surface area contributed by atoms with E-state index in [1.54, 1.807) is 0 Å². The van der Waals surface area contributed by atoms with E-state index in [0.29, 0.717) is 11.1 Å². The van der Waals surface area contributed by atoms with Crippen molar-refractivity contribution < 1.29 is 13.2 Å². The zero-order valence-corrected chi connectivity index (χ0v) is 26.6. The van der Waals surface area contributed by atoms with E-state index < -0.39 is 11.9 Å². The lowest BCUT2D eigenvalue weighted by Gasteiger charge is -2.22. The molecular weight excluding hydrogens is 612 g/mol. The molecule has 0 N–H and O–H groups in total. The minimum Gasteiger partial charge on any atom is -0.437 e. The van der Waals surface area contributed by atoms with E-state index in [4.69, 9.17) is 9.40 Å². The van der Waals surface area contributed by atoms with Crippen LogP contribution >= 0.6 is 0 Å².